The van der Waals surface area contributed by atoms with E-state index in [-0.39, 0.29) is 17.9 Å². The number of amides is 2. The fourth-order valence-electron chi connectivity index (χ4n) is 3.51. The van der Waals surface area contributed by atoms with Gasteiger partial charge in [0.1, 0.15) is 18.1 Å². The highest BCUT2D eigenvalue weighted by atomic mass is 16.5. The van der Waals surface area contributed by atoms with Crippen LogP contribution in [0.4, 0.5) is 0 Å². The lowest BCUT2D eigenvalue weighted by Gasteiger charge is -2.25. The minimum atomic E-state index is -0.0349. The Bertz CT molecular complexity index is 862. The Morgan fingerprint density at radius 1 is 1.18 bits per heavy atom. The van der Waals surface area contributed by atoms with Crippen LogP contribution in [0, 0.1) is 6.92 Å². The summed E-state index contributed by atoms with van der Waals surface area (Å²) in [4.78, 5) is 31.0. The smallest absolute Gasteiger partial charge is 0.273 e. The third-order valence-corrected chi connectivity index (χ3v) is 5.32. The number of carbonyl (C=O) groups is 2. The number of benzene rings is 1. The number of aromatic nitrogens is 1. The van der Waals surface area contributed by atoms with Gasteiger partial charge in [0.15, 0.2) is 0 Å². The first-order chi connectivity index (χ1) is 13.6. The van der Waals surface area contributed by atoms with Gasteiger partial charge in [-0.15, -0.1) is 0 Å². The highest BCUT2D eigenvalue weighted by Crippen LogP contribution is 2.23. The first-order valence-electron chi connectivity index (χ1n) is 9.88. The van der Waals surface area contributed by atoms with Crippen molar-refractivity contribution in [2.45, 2.75) is 44.7 Å². The topological polar surface area (TPSA) is 71.5 Å². The second-order valence-electron chi connectivity index (χ2n) is 7.55. The van der Waals surface area contributed by atoms with Crippen LogP contribution in [0.3, 0.4) is 0 Å². The van der Waals surface area contributed by atoms with Gasteiger partial charge in [0.05, 0.1) is 6.04 Å². The predicted octanol–water partition coefficient (Wildman–Crippen LogP) is 2.97. The second kappa shape index (κ2) is 8.00. The van der Waals surface area contributed by atoms with Crippen LogP contribution in [0.25, 0.3) is 0 Å². The number of nitrogens with one attached hydrogen (secondary N) is 1. The van der Waals surface area contributed by atoms with E-state index in [2.05, 4.69) is 10.3 Å². The van der Waals surface area contributed by atoms with E-state index in [1.54, 1.807) is 18.3 Å². The van der Waals surface area contributed by atoms with Crippen molar-refractivity contribution in [2.24, 2.45) is 0 Å². The summed E-state index contributed by atoms with van der Waals surface area (Å²) in [5.41, 5.74) is 2.04. The van der Waals surface area contributed by atoms with Crippen LogP contribution in [0.1, 0.15) is 52.1 Å². The zero-order valence-electron chi connectivity index (χ0n) is 16.1. The van der Waals surface area contributed by atoms with Crippen molar-refractivity contribution in [3.8, 4) is 5.75 Å². The van der Waals surface area contributed by atoms with Crippen LogP contribution in [0.5, 0.6) is 5.75 Å². The van der Waals surface area contributed by atoms with Crippen molar-refractivity contribution in [2.75, 3.05) is 13.2 Å². The van der Waals surface area contributed by atoms with E-state index >= 15 is 0 Å². The molecule has 4 rings (SSSR count). The molecule has 1 saturated heterocycles. The molecule has 0 bridgehead atoms. The highest BCUT2D eigenvalue weighted by molar-refractivity contribution is 5.95. The number of hydrogen-bond acceptors (Lipinski definition) is 4. The summed E-state index contributed by atoms with van der Waals surface area (Å²) in [7, 11) is 0. The van der Waals surface area contributed by atoms with Gasteiger partial charge in [0.25, 0.3) is 11.8 Å². The number of aryl methyl sites for hydroxylation is 1. The number of pyridine rings is 1. The number of hydrogen-bond donors (Lipinski definition) is 1. The van der Waals surface area contributed by atoms with Crippen LogP contribution in [0.15, 0.2) is 42.6 Å². The zero-order valence-corrected chi connectivity index (χ0v) is 16.1. The van der Waals surface area contributed by atoms with Gasteiger partial charge in [0.2, 0.25) is 0 Å². The summed E-state index contributed by atoms with van der Waals surface area (Å²) in [5, 5.41) is 2.97. The lowest BCUT2D eigenvalue weighted by Crippen LogP contribution is -2.39. The molecule has 1 atom stereocenters. The molecule has 146 valence electrons. The van der Waals surface area contributed by atoms with Gasteiger partial charge in [-0.05, 0) is 68.5 Å². The van der Waals surface area contributed by atoms with E-state index in [0.717, 1.165) is 37.8 Å². The Morgan fingerprint density at radius 3 is 2.68 bits per heavy atom. The summed E-state index contributed by atoms with van der Waals surface area (Å²) in [6.07, 6.45) is 5.68. The van der Waals surface area contributed by atoms with E-state index < -0.39 is 0 Å². The Hall–Kier alpha value is -2.89. The van der Waals surface area contributed by atoms with Crippen molar-refractivity contribution >= 4 is 11.8 Å². The van der Waals surface area contributed by atoms with E-state index in [0.29, 0.717) is 29.7 Å². The van der Waals surface area contributed by atoms with E-state index in [9.17, 15) is 9.59 Å². The average Bonchev–Trinajstić information content (AvgIpc) is 3.40. The molecule has 28 heavy (non-hydrogen) atoms. The summed E-state index contributed by atoms with van der Waals surface area (Å²) in [6, 6.07) is 11.3. The van der Waals surface area contributed by atoms with Gasteiger partial charge in [-0.3, -0.25) is 14.6 Å². The largest absolute Gasteiger partial charge is 0.491 e. The van der Waals surface area contributed by atoms with Crippen molar-refractivity contribution in [3.63, 3.8) is 0 Å². The van der Waals surface area contributed by atoms with E-state index in [4.69, 9.17) is 4.74 Å². The average molecular weight is 379 g/mol. The highest BCUT2D eigenvalue weighted by Gasteiger charge is 2.31. The van der Waals surface area contributed by atoms with Crippen LogP contribution >= 0.6 is 0 Å². The Balaban J connectivity index is 1.35. The number of nitrogens with zero attached hydrogens (tertiary/aromatic N) is 2. The lowest BCUT2D eigenvalue weighted by molar-refractivity contribution is 0.0684. The minimum Gasteiger partial charge on any atom is -0.491 e. The maximum atomic E-state index is 12.9. The SMILES string of the molecule is Cc1cccnc1C(=O)N1CCCC1COc1ccc(C(=O)NC2CC2)cc1. The van der Waals surface area contributed by atoms with Gasteiger partial charge in [-0.25, -0.2) is 0 Å². The molecule has 6 heteroatoms. The number of ether oxygens (including phenoxy) is 1. The molecule has 1 aromatic carbocycles. The molecule has 1 N–H and O–H groups in total. The molecule has 1 aliphatic carbocycles. The van der Waals surface area contributed by atoms with Crippen molar-refractivity contribution in [1.82, 2.24) is 15.2 Å². The third-order valence-electron chi connectivity index (χ3n) is 5.32. The lowest BCUT2D eigenvalue weighted by atomic mass is 10.1. The fraction of sp³-hybridized carbons (Fsp3) is 0.409. The van der Waals surface area contributed by atoms with Crippen LogP contribution in [-0.2, 0) is 0 Å². The van der Waals surface area contributed by atoms with E-state index in [1.807, 2.05) is 36.1 Å². The summed E-state index contributed by atoms with van der Waals surface area (Å²) < 4.78 is 5.92. The normalized spacial score (nSPS) is 18.8. The first-order valence-corrected chi connectivity index (χ1v) is 9.88. The van der Waals surface area contributed by atoms with Crippen LogP contribution in [0.2, 0.25) is 0 Å². The summed E-state index contributed by atoms with van der Waals surface area (Å²) >= 11 is 0. The summed E-state index contributed by atoms with van der Waals surface area (Å²) in [5.74, 6) is 0.639. The predicted molar refractivity (Wildman–Crippen MR) is 105 cm³/mol. The minimum absolute atomic E-state index is 0.0312. The van der Waals surface area contributed by atoms with Gasteiger partial charge in [0, 0.05) is 24.3 Å². The monoisotopic (exact) mass is 379 g/mol. The molecule has 1 aromatic heterocycles. The van der Waals surface area contributed by atoms with Crippen LogP contribution < -0.4 is 10.1 Å². The molecule has 1 unspecified atom stereocenters. The van der Waals surface area contributed by atoms with E-state index in [1.165, 1.54) is 0 Å². The molecule has 1 aliphatic heterocycles. The molecule has 2 aromatic rings. The third kappa shape index (κ3) is 4.16. The van der Waals surface area contributed by atoms with Gasteiger partial charge in [-0.2, -0.15) is 0 Å². The molecular formula is C22H25N3O3. The summed E-state index contributed by atoms with van der Waals surface area (Å²) in [6.45, 7) is 3.07. The number of carbonyl (C=O) groups excluding carboxylic acids is 2. The Kier molecular flexibility index (Phi) is 5.28. The Morgan fingerprint density at radius 2 is 1.96 bits per heavy atom. The molecule has 2 fully saturated rings. The van der Waals surface area contributed by atoms with Gasteiger partial charge in [-0.1, -0.05) is 6.07 Å². The maximum absolute atomic E-state index is 12.9. The molecule has 0 spiro atoms. The number of likely N-dealkylation sites (tertiary alicyclic amines) is 1. The molecule has 2 aliphatic rings. The standard InChI is InChI=1S/C22H25N3O3/c1-15-4-2-12-23-20(15)22(27)25-13-3-5-18(25)14-28-19-10-6-16(7-11-19)21(26)24-17-8-9-17/h2,4,6-7,10-12,17-18H,3,5,8-9,13-14H2,1H3,(H,24,26). The van der Waals surface area contributed by atoms with Crippen molar-refractivity contribution in [1.29, 1.82) is 0 Å². The quantitative estimate of drug-likeness (QED) is 0.838. The van der Waals surface area contributed by atoms with Gasteiger partial charge < -0.3 is 15.0 Å². The van der Waals surface area contributed by atoms with Crippen molar-refractivity contribution in [3.05, 3.63) is 59.4 Å². The molecule has 2 amide bonds. The first kappa shape index (κ1) is 18.5. The zero-order chi connectivity index (χ0) is 19.5. The molecule has 2 heterocycles. The van der Waals surface area contributed by atoms with Gasteiger partial charge >= 0.3 is 0 Å². The maximum Gasteiger partial charge on any atom is 0.273 e. The fourth-order valence-corrected chi connectivity index (χ4v) is 3.51. The number of rotatable bonds is 6. The molecule has 6 nitrogen and oxygen atoms in total. The molecule has 0 radical (unpaired) electrons. The van der Waals surface area contributed by atoms with Crippen LogP contribution in [-0.4, -0.2) is 46.9 Å². The Labute approximate surface area is 164 Å². The molecular weight excluding hydrogens is 354 g/mol. The van der Waals surface area contributed by atoms with Crippen molar-refractivity contribution < 1.29 is 14.3 Å². The second-order valence-corrected chi connectivity index (χ2v) is 7.55. The molecule has 1 saturated carbocycles.